The van der Waals surface area contributed by atoms with Gasteiger partial charge in [0.15, 0.2) is 17.7 Å². The highest BCUT2D eigenvalue weighted by atomic mass is 79.9. The van der Waals surface area contributed by atoms with Crippen molar-refractivity contribution in [2.45, 2.75) is 66.3 Å². The maximum atomic E-state index is 12.0. The number of halogens is 3. The molecule has 0 bridgehead atoms. The molecule has 0 unspecified atom stereocenters. The molecule has 12 heteroatoms. The molecule has 2 aromatic rings. The number of carbonyl (C=O) groups is 2. The van der Waals surface area contributed by atoms with Crippen molar-refractivity contribution in [3.8, 4) is 0 Å². The fourth-order valence-electron chi connectivity index (χ4n) is 2.84. The summed E-state index contributed by atoms with van der Waals surface area (Å²) < 4.78 is 28.0. The Kier molecular flexibility index (Phi) is 15.4. The third-order valence-electron chi connectivity index (χ3n) is 4.42. The Morgan fingerprint density at radius 1 is 0.811 bits per heavy atom. The van der Waals surface area contributed by atoms with E-state index in [1.807, 2.05) is 18.2 Å². The highest BCUT2D eigenvalue weighted by molar-refractivity contribution is 9.11. The number of carbonyl (C=O) groups excluding carboxylic acids is 2. The first-order valence-corrected chi connectivity index (χ1v) is 12.9. The quantitative estimate of drug-likeness (QED) is 0.204. The first-order valence-electron chi connectivity index (χ1n) is 10.5. The predicted octanol–water partition coefficient (Wildman–Crippen LogP) is 6.37. The molecule has 208 valence electrons. The number of hydrogen-bond acceptors (Lipinski definition) is 9. The molecule has 2 atom stereocenters. The van der Waals surface area contributed by atoms with Crippen LogP contribution in [0.25, 0.3) is 0 Å². The van der Waals surface area contributed by atoms with E-state index in [-0.39, 0.29) is 39.8 Å². The fourth-order valence-corrected chi connectivity index (χ4v) is 4.11. The normalized spacial score (nSPS) is 20.5. The minimum absolute atomic E-state index is 0. The second kappa shape index (κ2) is 16.0. The van der Waals surface area contributed by atoms with E-state index in [9.17, 15) is 9.59 Å². The van der Waals surface area contributed by atoms with E-state index in [2.05, 4.69) is 62.5 Å². The van der Waals surface area contributed by atoms with Crippen LogP contribution in [-0.2, 0) is 28.5 Å². The molecule has 0 N–H and O–H groups in total. The molecule has 2 fully saturated rings. The highest BCUT2D eigenvalue weighted by Crippen LogP contribution is 2.24. The second-order valence-corrected chi connectivity index (χ2v) is 10.6. The van der Waals surface area contributed by atoms with Gasteiger partial charge in [0, 0.05) is 0 Å². The lowest BCUT2D eigenvalue weighted by molar-refractivity contribution is -0.167. The molecule has 37 heavy (non-hydrogen) atoms. The minimum Gasteiger partial charge on any atom is -0.467 e. The van der Waals surface area contributed by atoms with Crippen molar-refractivity contribution in [1.82, 2.24) is 9.97 Å². The molecule has 0 saturated carbocycles. The summed E-state index contributed by atoms with van der Waals surface area (Å²) in [5, 5.41) is 0. The van der Waals surface area contributed by atoms with Crippen molar-refractivity contribution in [3.63, 3.8) is 0 Å². The zero-order valence-corrected chi connectivity index (χ0v) is 24.7. The van der Waals surface area contributed by atoms with Crippen LogP contribution in [0, 0.1) is 0 Å². The van der Waals surface area contributed by atoms with Gasteiger partial charge in [0.05, 0.1) is 20.3 Å². The molecule has 9 nitrogen and oxygen atoms in total. The molecule has 4 rings (SSSR count). The van der Waals surface area contributed by atoms with Crippen molar-refractivity contribution >= 4 is 59.5 Å². The second-order valence-electron chi connectivity index (χ2n) is 8.15. The number of methoxy groups -OCH3 is 1. The number of rotatable bonds is 3. The van der Waals surface area contributed by atoms with E-state index >= 15 is 0 Å². The zero-order valence-electron chi connectivity index (χ0n) is 19.9. The van der Waals surface area contributed by atoms with E-state index in [1.165, 1.54) is 7.11 Å². The van der Waals surface area contributed by atoms with Crippen molar-refractivity contribution in [2.24, 2.45) is 0 Å². The van der Waals surface area contributed by atoms with Gasteiger partial charge in [-0.25, -0.2) is 14.8 Å². The third kappa shape index (κ3) is 12.4. The number of pyridine rings is 2. The van der Waals surface area contributed by atoms with Crippen molar-refractivity contribution in [1.29, 1.82) is 0 Å². The van der Waals surface area contributed by atoms with E-state index < -0.39 is 23.8 Å². The van der Waals surface area contributed by atoms with Gasteiger partial charge in [-0.2, -0.15) is 0 Å². The van der Waals surface area contributed by atoms with Crippen molar-refractivity contribution < 1.29 is 33.3 Å². The number of hydrogen-bond donors (Lipinski definition) is 0. The average molecular weight is 715 g/mol. The third-order valence-corrected chi connectivity index (χ3v) is 5.75. The molecule has 2 aliphatic rings. The van der Waals surface area contributed by atoms with E-state index in [1.54, 1.807) is 45.9 Å². The summed E-state index contributed by atoms with van der Waals surface area (Å²) in [5.74, 6) is -1.87. The highest BCUT2D eigenvalue weighted by Gasteiger charge is 2.38. The van der Waals surface area contributed by atoms with Gasteiger partial charge >= 0.3 is 5.97 Å². The van der Waals surface area contributed by atoms with Gasteiger partial charge in [-0.3, -0.25) is 4.79 Å². The first-order chi connectivity index (χ1) is 16.3. The molecule has 0 amide bonds. The summed E-state index contributed by atoms with van der Waals surface area (Å²) in [6.07, 6.45) is -1.12. The van der Waals surface area contributed by atoms with E-state index in [0.717, 1.165) is 9.21 Å². The molecule has 0 spiro atoms. The summed E-state index contributed by atoms with van der Waals surface area (Å²) in [4.78, 5) is 31.0. The fraction of sp³-hybridized carbons (Fsp3) is 0.520. The topological polar surface area (TPSA) is 106 Å². The van der Waals surface area contributed by atoms with Crippen LogP contribution in [0.4, 0.5) is 0 Å². The maximum Gasteiger partial charge on any atom is 0.337 e. The number of aromatic nitrogens is 2. The predicted molar refractivity (Wildman–Crippen MR) is 151 cm³/mol. The Labute approximate surface area is 244 Å². The van der Waals surface area contributed by atoms with Gasteiger partial charge in [-0.1, -0.05) is 27.0 Å². The monoisotopic (exact) mass is 712 g/mol. The number of Topliss-reactive ketones (excluding diaryl/α,β-unsaturated/α-hetero) is 1. The van der Waals surface area contributed by atoms with Crippen LogP contribution in [0.2, 0.25) is 0 Å². The lowest BCUT2D eigenvalue weighted by atomic mass is 10.1. The summed E-state index contributed by atoms with van der Waals surface area (Å²) in [7, 11) is 1.33. The molecule has 0 aromatic carbocycles. The van der Waals surface area contributed by atoms with Gasteiger partial charge in [-0.15, -0.1) is 0 Å². The molecule has 0 radical (unpaired) electrons. The Hall–Kier alpha value is -1.28. The number of ether oxygens (including phenoxy) is 5. The van der Waals surface area contributed by atoms with Crippen LogP contribution in [0.15, 0.2) is 50.2 Å². The lowest BCUT2D eigenvalue weighted by Crippen LogP contribution is -2.27. The van der Waals surface area contributed by atoms with Gasteiger partial charge < -0.3 is 23.7 Å². The Bertz CT molecular complexity index is 1000. The van der Waals surface area contributed by atoms with Crippen molar-refractivity contribution in [3.05, 3.63) is 55.9 Å². The van der Waals surface area contributed by atoms with Gasteiger partial charge in [-0.05, 0) is 99.8 Å². The SMILES string of the molecule is Brc1cccc(Br)n1.C.C.CC1(C)OC[C@H](C(=O)c2cccc(Br)n2)O1.COC(=O)[C@H]1COC(C)(C)O1. The van der Waals surface area contributed by atoms with Crippen LogP contribution < -0.4 is 0 Å². The van der Waals surface area contributed by atoms with E-state index in [0.29, 0.717) is 10.3 Å². The molecule has 2 saturated heterocycles. The number of nitrogens with zero attached hydrogens (tertiary/aromatic N) is 2. The summed E-state index contributed by atoms with van der Waals surface area (Å²) in [5.41, 5.74) is 0.390. The summed E-state index contributed by atoms with van der Waals surface area (Å²) >= 11 is 9.67. The van der Waals surface area contributed by atoms with Gasteiger partial charge in [0.2, 0.25) is 5.78 Å². The van der Waals surface area contributed by atoms with Crippen LogP contribution in [0.1, 0.15) is 53.0 Å². The van der Waals surface area contributed by atoms with Crippen LogP contribution in [0.3, 0.4) is 0 Å². The molecule has 2 aliphatic heterocycles. The van der Waals surface area contributed by atoms with Crippen LogP contribution in [0.5, 0.6) is 0 Å². The smallest absolute Gasteiger partial charge is 0.337 e. The van der Waals surface area contributed by atoms with Crippen LogP contribution >= 0.6 is 47.8 Å². The summed E-state index contributed by atoms with van der Waals surface area (Å²) in [6, 6.07) is 10.9. The zero-order chi connectivity index (χ0) is 26.2. The lowest BCUT2D eigenvalue weighted by Gasteiger charge is -2.16. The molecular weight excluding hydrogens is 680 g/mol. The Morgan fingerprint density at radius 3 is 1.59 bits per heavy atom. The number of ketones is 1. The number of esters is 1. The Morgan fingerprint density at radius 2 is 1.24 bits per heavy atom. The first kappa shape index (κ1) is 35.7. The molecule has 2 aromatic heterocycles. The minimum atomic E-state index is -0.688. The maximum absolute atomic E-state index is 12.0. The molecular formula is C25H35Br3N2O7. The van der Waals surface area contributed by atoms with Crippen molar-refractivity contribution in [2.75, 3.05) is 20.3 Å². The average Bonchev–Trinajstić information content (AvgIpc) is 3.34. The largest absolute Gasteiger partial charge is 0.467 e. The summed E-state index contributed by atoms with van der Waals surface area (Å²) in [6.45, 7) is 7.65. The van der Waals surface area contributed by atoms with Crippen LogP contribution in [-0.4, -0.2) is 65.8 Å². The van der Waals surface area contributed by atoms with Gasteiger partial charge in [0.25, 0.3) is 0 Å². The van der Waals surface area contributed by atoms with Gasteiger partial charge in [0.1, 0.15) is 25.6 Å². The van der Waals surface area contributed by atoms with E-state index in [4.69, 9.17) is 18.9 Å². The standard InChI is InChI=1S/C11H12BrNO3.C7H12O4.C5H3Br2N.2CH4/c1-11(2)15-6-8(16-11)10(14)7-4-3-5-9(12)13-7;1-7(2)10-4-5(11-7)6(8)9-3;6-4-2-1-3-5(7)8-4;;/h3-5,8H,6H2,1-2H3;5H,4H2,1-3H3;1-3H;2*1H4/t8-;5-;;;/m11.../s1. The Balaban J connectivity index is 0.000000543. The molecule has 0 aliphatic carbocycles. The molecule has 4 heterocycles.